The lowest BCUT2D eigenvalue weighted by molar-refractivity contribution is 0.0472. The third-order valence-electron chi connectivity index (χ3n) is 4.96. The van der Waals surface area contributed by atoms with Crippen LogP contribution in [0.1, 0.15) is 38.9 Å². The fraction of sp³-hybridized carbons (Fsp3) is 0.261. The minimum absolute atomic E-state index is 0.306. The predicted octanol–water partition coefficient (Wildman–Crippen LogP) is 3.92. The van der Waals surface area contributed by atoms with E-state index in [4.69, 9.17) is 14.2 Å². The molecule has 0 saturated carbocycles. The maximum Gasteiger partial charge on any atom is 0.340 e. The summed E-state index contributed by atoms with van der Waals surface area (Å²) in [7, 11) is 0. The van der Waals surface area contributed by atoms with E-state index in [1.165, 1.54) is 0 Å². The van der Waals surface area contributed by atoms with Gasteiger partial charge in [-0.1, -0.05) is 25.1 Å². The molecular formula is C23H21NO5. The van der Waals surface area contributed by atoms with Crippen molar-refractivity contribution in [3.63, 3.8) is 0 Å². The third-order valence-corrected chi connectivity index (χ3v) is 4.96. The lowest BCUT2D eigenvalue weighted by Crippen LogP contribution is -2.18. The number of rotatable bonds is 5. The minimum Gasteiger partial charge on any atom is -0.486 e. The summed E-state index contributed by atoms with van der Waals surface area (Å²) in [6, 6.07) is 12.6. The van der Waals surface area contributed by atoms with E-state index in [1.54, 1.807) is 18.2 Å². The number of benzene rings is 2. The Kier molecular flexibility index (Phi) is 5.16. The molecule has 6 nitrogen and oxygen atoms in total. The molecule has 1 aliphatic heterocycles. The second-order valence-corrected chi connectivity index (χ2v) is 6.79. The predicted molar refractivity (Wildman–Crippen MR) is 108 cm³/mol. The van der Waals surface area contributed by atoms with Gasteiger partial charge in [0, 0.05) is 10.9 Å². The summed E-state index contributed by atoms with van der Waals surface area (Å²) in [6.45, 7) is 4.38. The topological polar surface area (TPSA) is 74.7 Å². The van der Waals surface area contributed by atoms with Crippen molar-refractivity contribution < 1.29 is 23.8 Å². The Morgan fingerprint density at radius 1 is 1.07 bits per heavy atom. The lowest BCUT2D eigenvalue weighted by atomic mass is 10.0. The molecular weight excluding hydrogens is 370 g/mol. The summed E-state index contributed by atoms with van der Waals surface area (Å²) in [5, 5.41) is 0.898. The van der Waals surface area contributed by atoms with Gasteiger partial charge < -0.3 is 14.2 Å². The van der Waals surface area contributed by atoms with Gasteiger partial charge in [0.1, 0.15) is 13.2 Å². The van der Waals surface area contributed by atoms with E-state index in [0.29, 0.717) is 48.0 Å². The van der Waals surface area contributed by atoms with Gasteiger partial charge in [0.15, 0.2) is 23.9 Å². The molecule has 2 aromatic carbocycles. The van der Waals surface area contributed by atoms with E-state index in [-0.39, 0.29) is 12.4 Å². The molecule has 0 radical (unpaired) electrons. The van der Waals surface area contributed by atoms with Gasteiger partial charge in [-0.2, -0.15) is 0 Å². The Labute approximate surface area is 168 Å². The van der Waals surface area contributed by atoms with Gasteiger partial charge >= 0.3 is 5.97 Å². The van der Waals surface area contributed by atoms with E-state index < -0.39 is 5.97 Å². The number of carbonyl (C=O) groups excluding carboxylic acids is 2. The first-order valence-electron chi connectivity index (χ1n) is 9.56. The number of ether oxygens (including phenoxy) is 3. The molecule has 0 spiro atoms. The Bertz CT molecular complexity index is 1110. The van der Waals surface area contributed by atoms with Crippen LogP contribution in [0.15, 0.2) is 42.5 Å². The molecule has 29 heavy (non-hydrogen) atoms. The van der Waals surface area contributed by atoms with Crippen LogP contribution in [0.4, 0.5) is 0 Å². The average molecular weight is 391 g/mol. The number of nitrogens with zero attached hydrogens (tertiary/aromatic N) is 1. The highest BCUT2D eigenvalue weighted by atomic mass is 16.6. The van der Waals surface area contributed by atoms with Crippen molar-refractivity contribution in [1.29, 1.82) is 0 Å². The Hall–Kier alpha value is -3.41. The first kappa shape index (κ1) is 18.9. The third kappa shape index (κ3) is 3.66. The number of Topliss-reactive ketones (excluding diaryl/α,β-unsaturated/α-hetero) is 1. The Morgan fingerprint density at radius 3 is 2.62 bits per heavy atom. The van der Waals surface area contributed by atoms with E-state index in [0.717, 1.165) is 16.5 Å². The average Bonchev–Trinajstić information content (AvgIpc) is 2.76. The van der Waals surface area contributed by atoms with Crippen molar-refractivity contribution in [3.05, 3.63) is 64.8 Å². The van der Waals surface area contributed by atoms with Crippen molar-refractivity contribution in [2.75, 3.05) is 19.8 Å². The second kappa shape index (κ2) is 7.91. The van der Waals surface area contributed by atoms with Crippen LogP contribution < -0.4 is 9.47 Å². The Morgan fingerprint density at radius 2 is 1.83 bits per heavy atom. The summed E-state index contributed by atoms with van der Waals surface area (Å²) < 4.78 is 16.3. The van der Waals surface area contributed by atoms with Crippen LogP contribution in [-0.4, -0.2) is 36.6 Å². The minimum atomic E-state index is -0.538. The summed E-state index contributed by atoms with van der Waals surface area (Å²) in [6.07, 6.45) is 0.589. The van der Waals surface area contributed by atoms with E-state index in [2.05, 4.69) is 4.98 Å². The largest absolute Gasteiger partial charge is 0.486 e. The number of hydrogen-bond acceptors (Lipinski definition) is 6. The number of hydrogen-bond donors (Lipinski definition) is 0. The molecule has 1 aliphatic rings. The maximum atomic E-state index is 12.8. The van der Waals surface area contributed by atoms with Gasteiger partial charge in [-0.25, -0.2) is 4.79 Å². The number of aromatic nitrogens is 1. The first-order valence-corrected chi connectivity index (χ1v) is 9.56. The molecule has 0 fully saturated rings. The molecule has 2 heterocycles. The number of carbonyl (C=O) groups is 2. The van der Waals surface area contributed by atoms with Gasteiger partial charge in [0.25, 0.3) is 0 Å². The number of ketones is 1. The smallest absolute Gasteiger partial charge is 0.340 e. The van der Waals surface area contributed by atoms with Crippen LogP contribution in [0.5, 0.6) is 11.5 Å². The molecule has 3 aromatic rings. The SMILES string of the molecule is CCc1nc2ccccc2c(C)c1C(=O)OCC(=O)c1ccc2c(c1)OCCO2. The second-order valence-electron chi connectivity index (χ2n) is 6.79. The van der Waals surface area contributed by atoms with Gasteiger partial charge in [0.2, 0.25) is 0 Å². The quantitative estimate of drug-likeness (QED) is 0.485. The number of esters is 1. The van der Waals surface area contributed by atoms with Gasteiger partial charge in [-0.05, 0) is 43.2 Å². The molecule has 0 unspecified atom stereocenters. The highest BCUT2D eigenvalue weighted by Gasteiger charge is 2.21. The number of pyridine rings is 1. The van der Waals surface area contributed by atoms with Crippen LogP contribution in [0, 0.1) is 6.92 Å². The highest BCUT2D eigenvalue weighted by Crippen LogP contribution is 2.31. The van der Waals surface area contributed by atoms with Crippen LogP contribution in [0.25, 0.3) is 10.9 Å². The normalized spacial score (nSPS) is 12.6. The van der Waals surface area contributed by atoms with Crippen LogP contribution >= 0.6 is 0 Å². The summed E-state index contributed by atoms with van der Waals surface area (Å²) in [5.41, 5.74) is 3.15. The van der Waals surface area contributed by atoms with Crippen molar-refractivity contribution in [3.8, 4) is 11.5 Å². The van der Waals surface area contributed by atoms with Gasteiger partial charge in [-0.15, -0.1) is 0 Å². The zero-order chi connectivity index (χ0) is 20.4. The van der Waals surface area contributed by atoms with Crippen molar-refractivity contribution in [2.45, 2.75) is 20.3 Å². The van der Waals surface area contributed by atoms with Crippen molar-refractivity contribution in [1.82, 2.24) is 4.98 Å². The molecule has 1 aromatic heterocycles. The molecule has 0 aliphatic carbocycles. The van der Waals surface area contributed by atoms with E-state index in [9.17, 15) is 9.59 Å². The number of fused-ring (bicyclic) bond motifs is 2. The van der Waals surface area contributed by atoms with E-state index in [1.807, 2.05) is 38.1 Å². The number of para-hydroxylation sites is 1. The molecule has 6 heteroatoms. The highest BCUT2D eigenvalue weighted by molar-refractivity contribution is 6.02. The molecule has 0 bridgehead atoms. The molecule has 0 N–H and O–H groups in total. The molecule has 148 valence electrons. The monoisotopic (exact) mass is 391 g/mol. The van der Waals surface area contributed by atoms with Gasteiger partial charge in [-0.3, -0.25) is 9.78 Å². The van der Waals surface area contributed by atoms with Crippen molar-refractivity contribution in [2.24, 2.45) is 0 Å². The Balaban J connectivity index is 1.54. The van der Waals surface area contributed by atoms with Crippen molar-refractivity contribution >= 4 is 22.7 Å². The number of aryl methyl sites for hydroxylation is 2. The fourth-order valence-corrected chi connectivity index (χ4v) is 3.47. The lowest BCUT2D eigenvalue weighted by Gasteiger charge is -2.18. The molecule has 4 rings (SSSR count). The molecule has 0 atom stereocenters. The summed E-state index contributed by atoms with van der Waals surface area (Å²) in [5.74, 6) is 0.287. The molecule has 0 amide bonds. The van der Waals surface area contributed by atoms with Crippen LogP contribution in [0.2, 0.25) is 0 Å². The maximum absolute atomic E-state index is 12.8. The van der Waals surface area contributed by atoms with Crippen LogP contribution in [-0.2, 0) is 11.2 Å². The summed E-state index contributed by atoms with van der Waals surface area (Å²) in [4.78, 5) is 29.9. The van der Waals surface area contributed by atoms with Gasteiger partial charge in [0.05, 0.1) is 16.8 Å². The standard InChI is InChI=1S/C23H21NO5/c1-3-17-22(14(2)16-6-4-5-7-18(16)24-17)23(26)29-13-19(25)15-8-9-20-21(12-15)28-11-10-27-20/h4-9,12H,3,10-11,13H2,1-2H3. The molecule has 0 saturated heterocycles. The summed E-state index contributed by atoms with van der Waals surface area (Å²) >= 11 is 0. The fourth-order valence-electron chi connectivity index (χ4n) is 3.47. The first-order chi connectivity index (χ1) is 14.1. The van der Waals surface area contributed by atoms with E-state index >= 15 is 0 Å². The van der Waals surface area contributed by atoms with Crippen LogP contribution in [0.3, 0.4) is 0 Å². The zero-order valence-corrected chi connectivity index (χ0v) is 16.4. The zero-order valence-electron chi connectivity index (χ0n) is 16.4.